The summed E-state index contributed by atoms with van der Waals surface area (Å²) in [5.74, 6) is 0.209. The molecule has 1 aliphatic rings. The van der Waals surface area contributed by atoms with E-state index in [2.05, 4.69) is 12.2 Å². The van der Waals surface area contributed by atoms with Crippen LogP contribution in [0.25, 0.3) is 0 Å². The summed E-state index contributed by atoms with van der Waals surface area (Å²) in [5, 5.41) is 3.29. The van der Waals surface area contributed by atoms with Crippen molar-refractivity contribution in [1.82, 2.24) is 10.2 Å². The maximum absolute atomic E-state index is 11.9. The zero-order valence-electron chi connectivity index (χ0n) is 9.83. The molecule has 1 saturated heterocycles. The Kier molecular flexibility index (Phi) is 5.05. The largest absolute Gasteiger partial charge is 0.338 e. The van der Waals surface area contributed by atoms with E-state index >= 15 is 0 Å². The quantitative estimate of drug-likeness (QED) is 0.691. The summed E-state index contributed by atoms with van der Waals surface area (Å²) in [6.07, 6.45) is 2.56. The van der Waals surface area contributed by atoms with Crippen molar-refractivity contribution in [2.45, 2.75) is 45.2 Å². The third-order valence-electron chi connectivity index (χ3n) is 2.76. The average molecular weight is 213 g/mol. The zero-order chi connectivity index (χ0) is 11.3. The molecular formula is C11H23N3O. The Morgan fingerprint density at radius 1 is 1.67 bits per heavy atom. The van der Waals surface area contributed by atoms with Crippen molar-refractivity contribution in [3.8, 4) is 0 Å². The Bertz CT molecular complexity index is 200. The van der Waals surface area contributed by atoms with Gasteiger partial charge in [0, 0.05) is 31.6 Å². The van der Waals surface area contributed by atoms with Gasteiger partial charge in [0.1, 0.15) is 0 Å². The Morgan fingerprint density at radius 3 is 2.87 bits per heavy atom. The van der Waals surface area contributed by atoms with Gasteiger partial charge in [0.05, 0.1) is 0 Å². The Morgan fingerprint density at radius 2 is 2.40 bits per heavy atom. The van der Waals surface area contributed by atoms with E-state index in [1.165, 1.54) is 0 Å². The molecule has 1 rings (SSSR count). The lowest BCUT2D eigenvalue weighted by Crippen LogP contribution is -2.43. The normalized spacial score (nSPS) is 22.7. The molecule has 0 spiro atoms. The maximum Gasteiger partial charge on any atom is 0.224 e. The number of rotatable bonds is 5. The van der Waals surface area contributed by atoms with Crippen molar-refractivity contribution < 1.29 is 4.79 Å². The van der Waals surface area contributed by atoms with Crippen molar-refractivity contribution in [1.29, 1.82) is 0 Å². The first-order valence-electron chi connectivity index (χ1n) is 5.91. The number of nitrogens with zero attached hydrogens (tertiary/aromatic N) is 1. The number of nitrogens with two attached hydrogens (primary N) is 1. The van der Waals surface area contributed by atoms with E-state index in [9.17, 15) is 4.79 Å². The minimum absolute atomic E-state index is 0.0359. The molecule has 0 bridgehead atoms. The number of carbonyl (C=O) groups excluding carboxylic acids is 1. The van der Waals surface area contributed by atoms with Crippen molar-refractivity contribution >= 4 is 5.91 Å². The summed E-state index contributed by atoms with van der Waals surface area (Å²) in [6, 6.07) is 0.349. The van der Waals surface area contributed by atoms with E-state index in [1.807, 2.05) is 11.8 Å². The van der Waals surface area contributed by atoms with Gasteiger partial charge < -0.3 is 16.0 Å². The van der Waals surface area contributed by atoms with Crippen LogP contribution in [0.4, 0.5) is 0 Å². The van der Waals surface area contributed by atoms with Crippen LogP contribution in [-0.2, 0) is 4.79 Å². The van der Waals surface area contributed by atoms with Gasteiger partial charge in [0.15, 0.2) is 0 Å². The van der Waals surface area contributed by atoms with Gasteiger partial charge in [0.2, 0.25) is 5.91 Å². The van der Waals surface area contributed by atoms with Gasteiger partial charge >= 0.3 is 0 Å². The molecule has 1 aliphatic heterocycles. The molecule has 2 atom stereocenters. The van der Waals surface area contributed by atoms with Gasteiger partial charge in [0.25, 0.3) is 0 Å². The fraction of sp³-hybridized carbons (Fsp3) is 0.909. The predicted molar refractivity (Wildman–Crippen MR) is 61.5 cm³/mol. The van der Waals surface area contributed by atoms with Gasteiger partial charge in [-0.3, -0.25) is 4.79 Å². The second-order valence-electron chi connectivity index (χ2n) is 4.42. The van der Waals surface area contributed by atoms with E-state index in [1.54, 1.807) is 0 Å². The predicted octanol–water partition coefficient (Wildman–Crippen LogP) is 0.324. The molecule has 0 radical (unpaired) electrons. The maximum atomic E-state index is 11.9. The monoisotopic (exact) mass is 213 g/mol. The molecule has 4 nitrogen and oxygen atoms in total. The molecular weight excluding hydrogens is 190 g/mol. The number of nitrogens with one attached hydrogen (secondary N) is 1. The minimum atomic E-state index is -0.0359. The second kappa shape index (κ2) is 6.08. The molecule has 1 fully saturated rings. The van der Waals surface area contributed by atoms with Gasteiger partial charge in [-0.2, -0.15) is 0 Å². The van der Waals surface area contributed by atoms with Crippen molar-refractivity contribution in [2.75, 3.05) is 19.6 Å². The van der Waals surface area contributed by atoms with Crippen LogP contribution >= 0.6 is 0 Å². The van der Waals surface area contributed by atoms with Gasteiger partial charge in [-0.1, -0.05) is 6.92 Å². The number of hydrogen-bond acceptors (Lipinski definition) is 3. The molecule has 0 aromatic heterocycles. The number of carbonyl (C=O) groups is 1. The summed E-state index contributed by atoms with van der Waals surface area (Å²) in [5.41, 5.74) is 5.66. The van der Waals surface area contributed by atoms with Gasteiger partial charge in [-0.25, -0.2) is 0 Å². The van der Waals surface area contributed by atoms with Crippen molar-refractivity contribution in [3.63, 3.8) is 0 Å². The Hall–Kier alpha value is -0.610. The highest BCUT2D eigenvalue weighted by Crippen LogP contribution is 2.11. The molecule has 1 heterocycles. The second-order valence-corrected chi connectivity index (χ2v) is 4.42. The van der Waals surface area contributed by atoms with Crippen LogP contribution in [0.5, 0.6) is 0 Å². The smallest absolute Gasteiger partial charge is 0.224 e. The highest BCUT2D eigenvalue weighted by atomic mass is 16.2. The SMILES string of the molecule is CCCN(C(=O)CC(C)N)C1CCNC1. The van der Waals surface area contributed by atoms with Crippen LogP contribution in [-0.4, -0.2) is 42.5 Å². The van der Waals surface area contributed by atoms with Crippen LogP contribution in [0.15, 0.2) is 0 Å². The highest BCUT2D eigenvalue weighted by molar-refractivity contribution is 5.77. The Labute approximate surface area is 92.2 Å². The summed E-state index contributed by atoms with van der Waals surface area (Å²) < 4.78 is 0. The molecule has 0 aliphatic carbocycles. The summed E-state index contributed by atoms with van der Waals surface area (Å²) in [4.78, 5) is 14.0. The van der Waals surface area contributed by atoms with Crippen molar-refractivity contribution in [2.24, 2.45) is 5.73 Å². The first-order valence-corrected chi connectivity index (χ1v) is 5.91. The first kappa shape index (κ1) is 12.5. The Balaban J connectivity index is 2.51. The lowest BCUT2D eigenvalue weighted by molar-refractivity contribution is -0.133. The lowest BCUT2D eigenvalue weighted by Gasteiger charge is -2.28. The number of hydrogen-bond donors (Lipinski definition) is 2. The standard InChI is InChI=1S/C11H23N3O/c1-3-6-14(10-4-5-13-8-10)11(15)7-9(2)12/h9-10,13H,3-8,12H2,1-2H3. The lowest BCUT2D eigenvalue weighted by atomic mass is 10.1. The molecule has 88 valence electrons. The van der Waals surface area contributed by atoms with Crippen LogP contribution < -0.4 is 11.1 Å². The average Bonchev–Trinajstić information content (AvgIpc) is 2.65. The molecule has 3 N–H and O–H groups in total. The van der Waals surface area contributed by atoms with E-state index in [0.717, 1.165) is 32.5 Å². The van der Waals surface area contributed by atoms with E-state index in [4.69, 9.17) is 5.73 Å². The molecule has 0 aromatic rings. The molecule has 4 heteroatoms. The fourth-order valence-electron chi connectivity index (χ4n) is 2.05. The van der Waals surface area contributed by atoms with Gasteiger partial charge in [-0.05, 0) is 26.3 Å². The van der Waals surface area contributed by atoms with Gasteiger partial charge in [-0.15, -0.1) is 0 Å². The third-order valence-corrected chi connectivity index (χ3v) is 2.76. The van der Waals surface area contributed by atoms with Crippen LogP contribution in [0, 0.1) is 0 Å². The van der Waals surface area contributed by atoms with E-state index in [0.29, 0.717) is 12.5 Å². The molecule has 0 aromatic carbocycles. The molecule has 2 unspecified atom stereocenters. The van der Waals surface area contributed by atoms with E-state index < -0.39 is 0 Å². The van der Waals surface area contributed by atoms with Crippen LogP contribution in [0.3, 0.4) is 0 Å². The number of amides is 1. The summed E-state index contributed by atoms with van der Waals surface area (Å²) in [6.45, 7) is 6.81. The summed E-state index contributed by atoms with van der Waals surface area (Å²) in [7, 11) is 0. The summed E-state index contributed by atoms with van der Waals surface area (Å²) >= 11 is 0. The van der Waals surface area contributed by atoms with Crippen molar-refractivity contribution in [3.05, 3.63) is 0 Å². The fourth-order valence-corrected chi connectivity index (χ4v) is 2.05. The van der Waals surface area contributed by atoms with Crippen LogP contribution in [0.1, 0.15) is 33.1 Å². The van der Waals surface area contributed by atoms with E-state index in [-0.39, 0.29) is 11.9 Å². The zero-order valence-corrected chi connectivity index (χ0v) is 9.83. The molecule has 15 heavy (non-hydrogen) atoms. The minimum Gasteiger partial charge on any atom is -0.338 e. The highest BCUT2D eigenvalue weighted by Gasteiger charge is 2.25. The van der Waals surface area contributed by atoms with Crippen LogP contribution in [0.2, 0.25) is 0 Å². The molecule has 0 saturated carbocycles. The molecule has 1 amide bonds. The third kappa shape index (κ3) is 3.80. The first-order chi connectivity index (χ1) is 7.15. The topological polar surface area (TPSA) is 58.4 Å².